The van der Waals surface area contributed by atoms with E-state index in [1.807, 2.05) is 6.07 Å². The highest BCUT2D eigenvalue weighted by Crippen LogP contribution is 2.45. The molecule has 9 rings (SSSR count). The molecule has 1 saturated carbocycles. The third-order valence-corrected chi connectivity index (χ3v) is 13.0. The number of nitrogens with zero attached hydrogens (tertiary/aromatic N) is 2. The van der Waals surface area contributed by atoms with Gasteiger partial charge < -0.3 is 14.2 Å². The molecule has 0 saturated heterocycles. The van der Waals surface area contributed by atoms with Crippen LogP contribution in [-0.2, 0) is 5.41 Å². The van der Waals surface area contributed by atoms with Gasteiger partial charge in [-0.1, -0.05) is 143 Å². The molecule has 59 heavy (non-hydrogen) atoms. The van der Waals surface area contributed by atoms with E-state index in [9.17, 15) is 0 Å². The number of benzene rings is 7. The van der Waals surface area contributed by atoms with Gasteiger partial charge in [-0.2, -0.15) is 0 Å². The molecular weight excluding hydrogens is 717 g/mol. The molecule has 1 atom stereocenters. The van der Waals surface area contributed by atoms with Gasteiger partial charge in [0.15, 0.2) is 0 Å². The minimum Gasteiger partial charge on any atom is -0.456 e. The van der Waals surface area contributed by atoms with Crippen molar-refractivity contribution in [2.45, 2.75) is 89.4 Å². The molecule has 7 aromatic carbocycles. The maximum absolute atomic E-state index is 6.27. The molecule has 1 aliphatic carbocycles. The van der Waals surface area contributed by atoms with Crippen LogP contribution in [0.2, 0.25) is 0 Å². The van der Waals surface area contributed by atoms with E-state index in [-0.39, 0.29) is 5.41 Å². The molecule has 1 heterocycles. The third-order valence-electron chi connectivity index (χ3n) is 13.0. The topological polar surface area (TPSA) is 19.6 Å². The van der Waals surface area contributed by atoms with Gasteiger partial charge in [-0.25, -0.2) is 0 Å². The quantitative estimate of drug-likeness (QED) is 0.103. The maximum atomic E-state index is 6.27. The Kier molecular flexibility index (Phi) is 11.4. The number of fused-ring (bicyclic) bond motifs is 3. The van der Waals surface area contributed by atoms with Crippen LogP contribution in [0.4, 0.5) is 34.1 Å². The Bertz CT molecular complexity index is 2530. The highest BCUT2D eigenvalue weighted by atomic mass is 16.3. The third kappa shape index (κ3) is 7.79. The van der Waals surface area contributed by atoms with E-state index >= 15 is 0 Å². The number of para-hydroxylation sites is 3. The Balaban J connectivity index is 1.10. The second kappa shape index (κ2) is 17.4. The summed E-state index contributed by atoms with van der Waals surface area (Å²) in [4.78, 5) is 4.78. The predicted octanol–water partition coefficient (Wildman–Crippen LogP) is 16.8. The van der Waals surface area contributed by atoms with E-state index in [0.717, 1.165) is 63.2 Å². The summed E-state index contributed by atoms with van der Waals surface area (Å²) in [5.41, 5.74) is 12.9. The average molecular weight is 773 g/mol. The smallest absolute Gasteiger partial charge is 0.135 e. The molecule has 8 aromatic rings. The van der Waals surface area contributed by atoms with Crippen molar-refractivity contribution in [1.82, 2.24) is 0 Å². The minimum absolute atomic E-state index is 0.113. The summed E-state index contributed by atoms with van der Waals surface area (Å²) in [6.07, 6.45) is 12.4. The lowest BCUT2D eigenvalue weighted by Crippen LogP contribution is -2.27. The van der Waals surface area contributed by atoms with Gasteiger partial charge in [0.25, 0.3) is 0 Å². The number of hydrogen-bond donors (Lipinski definition) is 0. The summed E-state index contributed by atoms with van der Waals surface area (Å²) in [6, 6.07) is 64.8. The minimum atomic E-state index is -0.113. The first kappa shape index (κ1) is 38.5. The lowest BCUT2D eigenvalue weighted by Gasteiger charge is -2.36. The zero-order chi connectivity index (χ0) is 40.0. The Morgan fingerprint density at radius 1 is 0.475 bits per heavy atom. The van der Waals surface area contributed by atoms with Crippen molar-refractivity contribution >= 4 is 56.1 Å². The lowest BCUT2D eigenvalue weighted by atomic mass is 9.69. The van der Waals surface area contributed by atoms with Crippen LogP contribution in [-0.4, -0.2) is 0 Å². The van der Waals surface area contributed by atoms with Crippen LogP contribution in [0.25, 0.3) is 21.9 Å². The van der Waals surface area contributed by atoms with Crippen LogP contribution < -0.4 is 9.80 Å². The van der Waals surface area contributed by atoms with Crippen molar-refractivity contribution in [1.29, 1.82) is 0 Å². The lowest BCUT2D eigenvalue weighted by molar-refractivity contribution is 0.431. The van der Waals surface area contributed by atoms with Gasteiger partial charge in [0.1, 0.15) is 11.2 Å². The molecule has 0 bridgehead atoms. The van der Waals surface area contributed by atoms with E-state index < -0.39 is 0 Å². The van der Waals surface area contributed by atoms with Crippen molar-refractivity contribution in [2.75, 3.05) is 9.80 Å². The van der Waals surface area contributed by atoms with E-state index in [4.69, 9.17) is 4.42 Å². The van der Waals surface area contributed by atoms with Crippen LogP contribution in [0.15, 0.2) is 180 Å². The first-order chi connectivity index (χ1) is 29.1. The highest BCUT2D eigenvalue weighted by molar-refractivity contribution is 6.06. The van der Waals surface area contributed by atoms with Gasteiger partial charge in [0.05, 0.1) is 0 Å². The monoisotopic (exact) mass is 772 g/mol. The molecule has 296 valence electrons. The van der Waals surface area contributed by atoms with E-state index in [1.54, 1.807) is 0 Å². The molecule has 0 N–H and O–H groups in total. The van der Waals surface area contributed by atoms with Crippen LogP contribution >= 0.6 is 0 Å². The molecule has 1 aromatic heterocycles. The molecule has 1 unspecified atom stereocenters. The van der Waals surface area contributed by atoms with Gasteiger partial charge in [-0.3, -0.25) is 0 Å². The summed E-state index contributed by atoms with van der Waals surface area (Å²) in [5, 5.41) is 2.29. The highest BCUT2D eigenvalue weighted by Gasteiger charge is 2.33. The van der Waals surface area contributed by atoms with Gasteiger partial charge in [0, 0.05) is 50.3 Å². The van der Waals surface area contributed by atoms with Crippen molar-refractivity contribution in [3.05, 3.63) is 193 Å². The molecule has 1 fully saturated rings. The molecule has 0 amide bonds. The number of anilines is 6. The SMILES string of the molecule is CCCCCC(CC)(c1ccc(N(c2ccccc2)c2ccccc2)cc1)c1ccc(N(c2ccc(C3CCCCC3)cc2)c2ccc3oc4ccccc4c3c2)cc1. The Hall–Kier alpha value is -6.06. The predicted molar refractivity (Wildman–Crippen MR) is 251 cm³/mol. The summed E-state index contributed by atoms with van der Waals surface area (Å²) in [7, 11) is 0. The second-order valence-electron chi connectivity index (χ2n) is 16.5. The molecule has 3 heteroatoms. The van der Waals surface area contributed by atoms with Crippen LogP contribution in [0.5, 0.6) is 0 Å². The van der Waals surface area contributed by atoms with E-state index in [0.29, 0.717) is 5.92 Å². The molecule has 0 radical (unpaired) electrons. The zero-order valence-electron chi connectivity index (χ0n) is 34.7. The van der Waals surface area contributed by atoms with Crippen LogP contribution in [0, 0.1) is 0 Å². The van der Waals surface area contributed by atoms with E-state index in [2.05, 4.69) is 194 Å². The summed E-state index contributed by atoms with van der Waals surface area (Å²) in [6.45, 7) is 4.68. The number of unbranched alkanes of at least 4 members (excludes halogenated alkanes) is 2. The molecule has 3 nitrogen and oxygen atoms in total. The first-order valence-electron chi connectivity index (χ1n) is 22.1. The average Bonchev–Trinajstić information content (AvgIpc) is 3.68. The summed E-state index contributed by atoms with van der Waals surface area (Å²) < 4.78 is 6.27. The van der Waals surface area contributed by atoms with Crippen molar-refractivity contribution in [2.24, 2.45) is 0 Å². The summed E-state index contributed by atoms with van der Waals surface area (Å²) >= 11 is 0. The second-order valence-corrected chi connectivity index (χ2v) is 16.5. The van der Waals surface area contributed by atoms with E-state index in [1.165, 1.54) is 73.7 Å². The normalized spacial score (nSPS) is 14.3. The van der Waals surface area contributed by atoms with Crippen molar-refractivity contribution in [3.63, 3.8) is 0 Å². The number of rotatable bonds is 14. The van der Waals surface area contributed by atoms with Gasteiger partial charge in [-0.05, 0) is 133 Å². The maximum Gasteiger partial charge on any atom is 0.135 e. The molecule has 0 spiro atoms. The van der Waals surface area contributed by atoms with Crippen LogP contribution in [0.3, 0.4) is 0 Å². The fourth-order valence-electron chi connectivity index (χ4n) is 9.81. The molecular formula is C56H56N2O. The fraction of sp³-hybridized carbons (Fsp3) is 0.250. The Morgan fingerprint density at radius 3 is 1.54 bits per heavy atom. The van der Waals surface area contributed by atoms with Gasteiger partial charge in [-0.15, -0.1) is 0 Å². The first-order valence-corrected chi connectivity index (χ1v) is 22.1. The Morgan fingerprint density at radius 2 is 0.966 bits per heavy atom. The standard InChI is InChI=1S/C56H56N2O/c1-3-5-17-40-56(4-2,44-28-34-49(35-29-44)57(46-20-11-7-12-21-46)47-22-13-8-14-23-47)45-30-36-50(37-31-45)58(48-32-26-43(27-33-48)42-18-9-6-10-19-42)51-38-39-55-53(41-51)52-24-15-16-25-54(52)59-55/h7-8,11-16,20-39,41-42H,3-6,9-10,17-19,40H2,1-2H3. The zero-order valence-corrected chi connectivity index (χ0v) is 34.7. The molecule has 1 aliphatic rings. The molecule has 0 aliphatic heterocycles. The number of furan rings is 1. The van der Waals surface area contributed by atoms with Crippen LogP contribution in [0.1, 0.15) is 101 Å². The Labute approximate surface area is 350 Å². The summed E-state index contributed by atoms with van der Waals surface area (Å²) in [5.74, 6) is 0.669. The van der Waals surface area contributed by atoms with Gasteiger partial charge >= 0.3 is 0 Å². The largest absolute Gasteiger partial charge is 0.456 e. The number of hydrogen-bond acceptors (Lipinski definition) is 3. The fourth-order valence-corrected chi connectivity index (χ4v) is 9.81. The van der Waals surface area contributed by atoms with Crippen molar-refractivity contribution < 1.29 is 4.42 Å². The van der Waals surface area contributed by atoms with Gasteiger partial charge in [0.2, 0.25) is 0 Å². The van der Waals surface area contributed by atoms with Crippen molar-refractivity contribution in [3.8, 4) is 0 Å².